The van der Waals surface area contributed by atoms with Crippen LogP contribution in [0.3, 0.4) is 0 Å². The number of aldehydes is 1. The van der Waals surface area contributed by atoms with Crippen molar-refractivity contribution in [3.63, 3.8) is 0 Å². The monoisotopic (exact) mass is 417 g/mol. The zero-order chi connectivity index (χ0) is 21.2. The first kappa shape index (κ1) is 19.5. The Morgan fingerprint density at radius 3 is 2.67 bits per heavy atom. The van der Waals surface area contributed by atoms with Crippen molar-refractivity contribution in [2.75, 3.05) is 31.6 Å². The van der Waals surface area contributed by atoms with Gasteiger partial charge in [0.1, 0.15) is 11.9 Å². The van der Waals surface area contributed by atoms with Gasteiger partial charge in [-0.3, -0.25) is 9.59 Å². The molecule has 2 aliphatic carbocycles. The average molecular weight is 417 g/mol. The van der Waals surface area contributed by atoms with Crippen LogP contribution in [0, 0.1) is 11.2 Å². The number of pyridine rings is 1. The van der Waals surface area contributed by atoms with E-state index in [4.69, 9.17) is 4.74 Å². The molecule has 0 radical (unpaired) electrons. The summed E-state index contributed by atoms with van der Waals surface area (Å²) in [6.07, 6.45) is 3.24. The maximum atomic E-state index is 15.4. The highest BCUT2D eigenvalue weighted by Crippen LogP contribution is 2.55. The molecule has 3 aliphatic rings. The van der Waals surface area contributed by atoms with E-state index in [2.05, 4.69) is 5.32 Å². The van der Waals surface area contributed by atoms with Gasteiger partial charge >= 0.3 is 0 Å². The van der Waals surface area contributed by atoms with E-state index < -0.39 is 23.5 Å². The minimum absolute atomic E-state index is 0.0499. The second-order valence-electron chi connectivity index (χ2n) is 8.71. The summed E-state index contributed by atoms with van der Waals surface area (Å²) in [7, 11) is 1.92. The van der Waals surface area contributed by atoms with Gasteiger partial charge in [0.25, 0.3) is 0 Å². The number of anilines is 1. The standard InChI is InChI=1S/C22H25F2N3O3/c1-3-30-21-18-13(20(29)12(10-28)8-27(18)16-7-14(16)23)6-15(24)19(21)26-9-17(25-2)22(11-26)4-5-22/h6,8,10,14,16-17,25H,3-5,7,9,11H2,1-2H3/t14-,16+,17?/m0/s1. The number of hydrogen-bond acceptors (Lipinski definition) is 5. The Kier molecular flexibility index (Phi) is 4.39. The van der Waals surface area contributed by atoms with Gasteiger partial charge in [0.05, 0.1) is 29.1 Å². The maximum absolute atomic E-state index is 15.4. The van der Waals surface area contributed by atoms with Gasteiger partial charge < -0.3 is 19.5 Å². The Hall–Kier alpha value is -2.48. The molecule has 1 aliphatic heterocycles. The van der Waals surface area contributed by atoms with Crippen molar-refractivity contribution in [2.24, 2.45) is 5.41 Å². The first-order valence-corrected chi connectivity index (χ1v) is 10.5. The molecule has 3 fully saturated rings. The molecule has 1 aromatic heterocycles. The second kappa shape index (κ2) is 6.77. The van der Waals surface area contributed by atoms with Gasteiger partial charge in [-0.05, 0) is 32.9 Å². The van der Waals surface area contributed by atoms with Crippen LogP contribution >= 0.6 is 0 Å². The SMILES string of the molecule is CCOc1c(N2CC(NC)C3(CC3)C2)c(F)cc2c(=O)c(C=O)cn([C@@H]3C[C@@H]3F)c12. The number of halogens is 2. The van der Waals surface area contributed by atoms with E-state index in [1.165, 1.54) is 12.3 Å². The van der Waals surface area contributed by atoms with E-state index >= 15 is 4.39 Å². The van der Waals surface area contributed by atoms with E-state index in [9.17, 15) is 14.0 Å². The lowest BCUT2D eigenvalue weighted by molar-refractivity contribution is 0.112. The summed E-state index contributed by atoms with van der Waals surface area (Å²) < 4.78 is 37.0. The number of fused-ring (bicyclic) bond motifs is 1. The van der Waals surface area contributed by atoms with E-state index in [1.807, 2.05) is 11.9 Å². The Balaban J connectivity index is 1.76. The predicted molar refractivity (Wildman–Crippen MR) is 110 cm³/mol. The lowest BCUT2D eigenvalue weighted by Gasteiger charge is -2.25. The van der Waals surface area contributed by atoms with Crippen molar-refractivity contribution in [1.29, 1.82) is 0 Å². The third-order valence-electron chi connectivity index (χ3n) is 6.88. The molecule has 1 spiro atoms. The number of carbonyl (C=O) groups excluding carboxylic acids is 1. The van der Waals surface area contributed by atoms with Crippen molar-refractivity contribution in [2.45, 2.75) is 44.4 Å². The summed E-state index contributed by atoms with van der Waals surface area (Å²) in [6.45, 7) is 3.39. The molecule has 1 N–H and O–H groups in total. The van der Waals surface area contributed by atoms with Gasteiger partial charge in [-0.1, -0.05) is 0 Å². The van der Waals surface area contributed by atoms with Gasteiger partial charge in [-0.25, -0.2) is 8.78 Å². The molecule has 8 heteroatoms. The third-order valence-corrected chi connectivity index (χ3v) is 6.88. The van der Waals surface area contributed by atoms with Crippen molar-refractivity contribution < 1.29 is 18.3 Å². The van der Waals surface area contributed by atoms with E-state index in [1.54, 1.807) is 11.5 Å². The van der Waals surface area contributed by atoms with Crippen molar-refractivity contribution in [3.05, 3.63) is 33.9 Å². The van der Waals surface area contributed by atoms with Crippen molar-refractivity contribution >= 4 is 22.9 Å². The molecule has 0 bridgehead atoms. The number of carbonyl (C=O) groups is 1. The molecule has 2 saturated carbocycles. The molecule has 1 aromatic carbocycles. The number of benzene rings is 1. The highest BCUT2D eigenvalue weighted by Gasteiger charge is 2.55. The summed E-state index contributed by atoms with van der Waals surface area (Å²) >= 11 is 0. The van der Waals surface area contributed by atoms with Crippen molar-refractivity contribution in [3.8, 4) is 5.75 Å². The molecule has 30 heavy (non-hydrogen) atoms. The summed E-state index contributed by atoms with van der Waals surface area (Å²) in [5, 5.41) is 3.40. The summed E-state index contributed by atoms with van der Waals surface area (Å²) in [5.74, 6) is -0.300. The molecule has 6 nitrogen and oxygen atoms in total. The van der Waals surface area contributed by atoms with Crippen LogP contribution in [0.15, 0.2) is 17.1 Å². The fourth-order valence-corrected chi connectivity index (χ4v) is 5.03. The fourth-order valence-electron chi connectivity index (χ4n) is 5.03. The van der Waals surface area contributed by atoms with E-state index in [-0.39, 0.29) is 34.8 Å². The number of rotatable bonds is 6. The highest BCUT2D eigenvalue weighted by atomic mass is 19.1. The van der Waals surface area contributed by atoms with Crippen LogP contribution in [-0.2, 0) is 0 Å². The van der Waals surface area contributed by atoms with Crippen LogP contribution in [-0.4, -0.2) is 49.8 Å². The van der Waals surface area contributed by atoms with Gasteiger partial charge in [-0.2, -0.15) is 0 Å². The predicted octanol–water partition coefficient (Wildman–Crippen LogP) is 2.82. The molecule has 1 unspecified atom stereocenters. The highest BCUT2D eigenvalue weighted by molar-refractivity contribution is 5.94. The lowest BCUT2D eigenvalue weighted by atomic mass is 10.0. The largest absolute Gasteiger partial charge is 0.489 e. The fraction of sp³-hybridized carbons (Fsp3) is 0.545. The molecular weight excluding hydrogens is 392 g/mol. The Morgan fingerprint density at radius 2 is 2.13 bits per heavy atom. The van der Waals surface area contributed by atoms with E-state index in [0.717, 1.165) is 12.8 Å². The zero-order valence-corrected chi connectivity index (χ0v) is 17.1. The van der Waals surface area contributed by atoms with E-state index in [0.29, 0.717) is 37.0 Å². The quantitative estimate of drug-likeness (QED) is 0.733. The summed E-state index contributed by atoms with van der Waals surface area (Å²) in [5.41, 5.74) is 0.154. The minimum Gasteiger partial charge on any atom is -0.489 e. The maximum Gasteiger partial charge on any atom is 0.200 e. The van der Waals surface area contributed by atoms with Gasteiger partial charge in [0.15, 0.2) is 23.3 Å². The van der Waals surface area contributed by atoms with Crippen LogP contribution in [0.1, 0.15) is 42.6 Å². The normalized spacial score (nSPS) is 26.4. The van der Waals surface area contributed by atoms with Crippen LogP contribution in [0.2, 0.25) is 0 Å². The molecule has 0 amide bonds. The molecular formula is C22H25F2N3O3. The summed E-state index contributed by atoms with van der Waals surface area (Å²) in [4.78, 5) is 26.2. The van der Waals surface area contributed by atoms with Crippen LogP contribution in [0.4, 0.5) is 14.5 Å². The zero-order valence-electron chi connectivity index (χ0n) is 17.1. The number of nitrogens with one attached hydrogen (secondary N) is 1. The first-order valence-electron chi connectivity index (χ1n) is 10.5. The topological polar surface area (TPSA) is 63.6 Å². The van der Waals surface area contributed by atoms with Gasteiger partial charge in [0, 0.05) is 37.2 Å². The van der Waals surface area contributed by atoms with Crippen LogP contribution < -0.4 is 20.4 Å². The lowest BCUT2D eigenvalue weighted by Crippen LogP contribution is -2.34. The van der Waals surface area contributed by atoms with Crippen LogP contribution in [0.25, 0.3) is 10.9 Å². The summed E-state index contributed by atoms with van der Waals surface area (Å²) in [6, 6.07) is 0.948. The minimum atomic E-state index is -1.06. The number of hydrogen-bond donors (Lipinski definition) is 1. The number of likely N-dealkylation sites (N-methyl/N-ethyl adjacent to an activating group) is 1. The molecule has 2 aromatic rings. The molecule has 2 heterocycles. The first-order chi connectivity index (χ1) is 14.4. The third kappa shape index (κ3) is 2.76. The Morgan fingerprint density at radius 1 is 1.40 bits per heavy atom. The average Bonchev–Trinajstić information content (AvgIpc) is 3.61. The Labute approximate surface area is 172 Å². The molecule has 3 atom stereocenters. The number of ether oxygens (including phenoxy) is 1. The number of nitrogens with zero attached hydrogens (tertiary/aromatic N) is 2. The second-order valence-corrected chi connectivity index (χ2v) is 8.71. The number of alkyl halides is 1. The molecule has 5 rings (SSSR count). The number of aromatic nitrogens is 1. The van der Waals surface area contributed by atoms with Crippen LogP contribution in [0.5, 0.6) is 5.75 Å². The smallest absolute Gasteiger partial charge is 0.200 e. The molecule has 1 saturated heterocycles. The van der Waals surface area contributed by atoms with Gasteiger partial charge in [-0.15, -0.1) is 0 Å². The van der Waals surface area contributed by atoms with Crippen molar-refractivity contribution in [1.82, 2.24) is 9.88 Å². The molecule has 160 valence electrons. The van der Waals surface area contributed by atoms with Gasteiger partial charge in [0.2, 0.25) is 0 Å². The Bertz CT molecular complexity index is 1100.